The lowest BCUT2D eigenvalue weighted by Crippen LogP contribution is -2.30. The summed E-state index contributed by atoms with van der Waals surface area (Å²) in [6.45, 7) is 6.73. The summed E-state index contributed by atoms with van der Waals surface area (Å²) in [7, 11) is 0. The zero-order chi connectivity index (χ0) is 16.4. The molecule has 7 heteroatoms. The number of fused-ring (bicyclic) bond motifs is 1. The summed E-state index contributed by atoms with van der Waals surface area (Å²) in [5, 5.41) is 7.16. The molecule has 0 unspecified atom stereocenters. The van der Waals surface area contributed by atoms with Crippen molar-refractivity contribution in [1.29, 1.82) is 0 Å². The van der Waals surface area contributed by atoms with Gasteiger partial charge in [-0.15, -0.1) is 0 Å². The van der Waals surface area contributed by atoms with Gasteiger partial charge in [0.1, 0.15) is 23.5 Å². The number of carbonyl (C=O) groups is 1. The van der Waals surface area contributed by atoms with Crippen LogP contribution in [-0.4, -0.2) is 30.1 Å². The van der Waals surface area contributed by atoms with Gasteiger partial charge >= 0.3 is 0 Å². The van der Waals surface area contributed by atoms with Crippen LogP contribution in [0.15, 0.2) is 30.9 Å². The van der Waals surface area contributed by atoms with Gasteiger partial charge in [0.05, 0.1) is 6.04 Å². The summed E-state index contributed by atoms with van der Waals surface area (Å²) in [6.07, 6.45) is 5.94. The fraction of sp³-hybridized carbons (Fsp3) is 0.375. The average molecular weight is 312 g/mol. The summed E-state index contributed by atoms with van der Waals surface area (Å²) in [5.41, 5.74) is 2.27. The summed E-state index contributed by atoms with van der Waals surface area (Å²) in [4.78, 5) is 21.2. The van der Waals surface area contributed by atoms with E-state index < -0.39 is 0 Å². The SMILES string of the molecule is CC[C@@H](NC(=O)c1cn2cc(C)ccc2n1)c1ncnn1CC. The van der Waals surface area contributed by atoms with E-state index in [-0.39, 0.29) is 11.9 Å². The largest absolute Gasteiger partial charge is 0.341 e. The minimum absolute atomic E-state index is 0.184. The molecule has 0 aliphatic carbocycles. The fourth-order valence-electron chi connectivity index (χ4n) is 2.58. The maximum Gasteiger partial charge on any atom is 0.272 e. The van der Waals surface area contributed by atoms with Crippen molar-refractivity contribution in [2.24, 2.45) is 0 Å². The van der Waals surface area contributed by atoms with Crippen molar-refractivity contribution in [3.8, 4) is 0 Å². The Balaban J connectivity index is 1.83. The number of amides is 1. The molecule has 7 nitrogen and oxygen atoms in total. The molecular weight excluding hydrogens is 292 g/mol. The van der Waals surface area contributed by atoms with Crippen LogP contribution in [0.1, 0.15) is 48.2 Å². The van der Waals surface area contributed by atoms with Gasteiger partial charge in [0.25, 0.3) is 5.91 Å². The second kappa shape index (κ2) is 6.20. The van der Waals surface area contributed by atoms with Crippen LogP contribution in [-0.2, 0) is 6.54 Å². The summed E-state index contributed by atoms with van der Waals surface area (Å²) < 4.78 is 3.65. The molecule has 0 spiro atoms. The van der Waals surface area contributed by atoms with Crippen molar-refractivity contribution in [2.75, 3.05) is 0 Å². The van der Waals surface area contributed by atoms with E-state index in [9.17, 15) is 4.79 Å². The van der Waals surface area contributed by atoms with Crippen LogP contribution in [0.25, 0.3) is 5.65 Å². The van der Waals surface area contributed by atoms with E-state index in [2.05, 4.69) is 20.4 Å². The van der Waals surface area contributed by atoms with Gasteiger partial charge in [0.15, 0.2) is 0 Å². The molecule has 3 aromatic rings. The highest BCUT2D eigenvalue weighted by atomic mass is 16.2. The number of hydrogen-bond acceptors (Lipinski definition) is 4. The number of rotatable bonds is 5. The molecule has 23 heavy (non-hydrogen) atoms. The molecule has 0 radical (unpaired) electrons. The second-order valence-corrected chi connectivity index (χ2v) is 5.47. The first-order valence-electron chi connectivity index (χ1n) is 7.76. The molecule has 3 heterocycles. The van der Waals surface area contributed by atoms with E-state index in [1.54, 1.807) is 10.9 Å². The van der Waals surface area contributed by atoms with Crippen molar-refractivity contribution in [3.05, 3.63) is 47.9 Å². The van der Waals surface area contributed by atoms with Gasteiger partial charge in [-0.3, -0.25) is 4.79 Å². The molecule has 0 aliphatic rings. The Labute approximate surface area is 134 Å². The Morgan fingerprint density at radius 3 is 2.87 bits per heavy atom. The predicted molar refractivity (Wildman–Crippen MR) is 86.1 cm³/mol. The molecule has 0 aromatic carbocycles. The molecule has 1 amide bonds. The van der Waals surface area contributed by atoms with E-state index in [0.29, 0.717) is 5.69 Å². The predicted octanol–water partition coefficient (Wildman–Crippen LogP) is 2.14. The molecule has 0 saturated heterocycles. The number of aryl methyl sites for hydroxylation is 2. The third kappa shape index (κ3) is 2.94. The zero-order valence-corrected chi connectivity index (χ0v) is 13.5. The van der Waals surface area contributed by atoms with Gasteiger partial charge < -0.3 is 9.72 Å². The maximum atomic E-state index is 12.5. The molecule has 1 N–H and O–H groups in total. The van der Waals surface area contributed by atoms with Crippen LogP contribution in [0.4, 0.5) is 0 Å². The lowest BCUT2D eigenvalue weighted by molar-refractivity contribution is 0.0928. The van der Waals surface area contributed by atoms with Crippen molar-refractivity contribution in [1.82, 2.24) is 29.5 Å². The Morgan fingerprint density at radius 2 is 2.13 bits per heavy atom. The smallest absolute Gasteiger partial charge is 0.272 e. The van der Waals surface area contributed by atoms with Crippen LogP contribution < -0.4 is 5.32 Å². The quantitative estimate of drug-likeness (QED) is 0.783. The van der Waals surface area contributed by atoms with Crippen molar-refractivity contribution < 1.29 is 4.79 Å². The summed E-state index contributed by atoms with van der Waals surface area (Å²) in [5.74, 6) is 0.562. The minimum Gasteiger partial charge on any atom is -0.341 e. The average Bonchev–Trinajstić information content (AvgIpc) is 3.18. The third-order valence-corrected chi connectivity index (χ3v) is 3.80. The van der Waals surface area contributed by atoms with Gasteiger partial charge in [-0.25, -0.2) is 14.6 Å². The van der Waals surface area contributed by atoms with Crippen LogP contribution >= 0.6 is 0 Å². The fourth-order valence-corrected chi connectivity index (χ4v) is 2.58. The van der Waals surface area contributed by atoms with Gasteiger partial charge in [0.2, 0.25) is 0 Å². The normalized spacial score (nSPS) is 12.5. The number of carbonyl (C=O) groups excluding carboxylic acids is 1. The molecule has 120 valence electrons. The summed E-state index contributed by atoms with van der Waals surface area (Å²) in [6, 6.07) is 3.69. The van der Waals surface area contributed by atoms with Gasteiger partial charge in [0, 0.05) is 18.9 Å². The molecular formula is C16H20N6O. The van der Waals surface area contributed by atoms with E-state index in [1.807, 2.05) is 43.5 Å². The first-order chi connectivity index (χ1) is 11.1. The standard InChI is InChI=1S/C16H20N6O/c1-4-12(15-17-10-18-22(15)5-2)20-16(23)13-9-21-8-11(3)6-7-14(21)19-13/h6-10,12H,4-5H2,1-3H3,(H,20,23)/t12-/m1/s1. The van der Waals surface area contributed by atoms with Crippen LogP contribution in [0, 0.1) is 6.92 Å². The minimum atomic E-state index is -0.205. The van der Waals surface area contributed by atoms with Crippen molar-refractivity contribution >= 4 is 11.6 Å². The number of nitrogens with one attached hydrogen (secondary N) is 1. The van der Waals surface area contributed by atoms with Crippen molar-refractivity contribution in [2.45, 2.75) is 39.8 Å². The van der Waals surface area contributed by atoms with E-state index in [1.165, 1.54) is 6.33 Å². The number of aromatic nitrogens is 5. The van der Waals surface area contributed by atoms with E-state index in [4.69, 9.17) is 0 Å². The molecule has 0 bridgehead atoms. The third-order valence-electron chi connectivity index (χ3n) is 3.80. The molecule has 1 atom stereocenters. The second-order valence-electron chi connectivity index (χ2n) is 5.47. The van der Waals surface area contributed by atoms with Gasteiger partial charge in [-0.2, -0.15) is 5.10 Å². The first-order valence-corrected chi connectivity index (χ1v) is 7.76. The zero-order valence-electron chi connectivity index (χ0n) is 13.5. The molecule has 0 fully saturated rings. The number of imidazole rings is 1. The lowest BCUT2D eigenvalue weighted by Gasteiger charge is -2.16. The van der Waals surface area contributed by atoms with Gasteiger partial charge in [-0.05, 0) is 31.9 Å². The number of nitrogens with zero attached hydrogens (tertiary/aromatic N) is 5. The van der Waals surface area contributed by atoms with Crippen molar-refractivity contribution in [3.63, 3.8) is 0 Å². The van der Waals surface area contributed by atoms with Gasteiger partial charge in [-0.1, -0.05) is 13.0 Å². The lowest BCUT2D eigenvalue weighted by atomic mass is 10.2. The Morgan fingerprint density at radius 1 is 1.30 bits per heavy atom. The Bertz CT molecular complexity index is 834. The first kappa shape index (κ1) is 15.2. The van der Waals surface area contributed by atoms with Crippen LogP contribution in [0.3, 0.4) is 0 Å². The molecule has 3 rings (SSSR count). The molecule has 0 aliphatic heterocycles. The highest BCUT2D eigenvalue weighted by molar-refractivity contribution is 5.93. The Hall–Kier alpha value is -2.70. The van der Waals surface area contributed by atoms with Crippen LogP contribution in [0.2, 0.25) is 0 Å². The van der Waals surface area contributed by atoms with E-state index >= 15 is 0 Å². The van der Waals surface area contributed by atoms with Crippen LogP contribution in [0.5, 0.6) is 0 Å². The van der Waals surface area contributed by atoms with E-state index in [0.717, 1.165) is 30.0 Å². The Kier molecular flexibility index (Phi) is 4.10. The monoisotopic (exact) mass is 312 g/mol. The highest BCUT2D eigenvalue weighted by Gasteiger charge is 2.20. The molecule has 0 saturated carbocycles. The molecule has 3 aromatic heterocycles. The highest BCUT2D eigenvalue weighted by Crippen LogP contribution is 2.15. The summed E-state index contributed by atoms with van der Waals surface area (Å²) >= 11 is 0. The maximum absolute atomic E-state index is 12.5. The number of pyridine rings is 1. The number of hydrogen-bond donors (Lipinski definition) is 1. The topological polar surface area (TPSA) is 77.1 Å².